The van der Waals surface area contributed by atoms with E-state index in [1.807, 2.05) is 24.3 Å². The van der Waals surface area contributed by atoms with E-state index in [4.69, 9.17) is 16.7 Å². The Morgan fingerprint density at radius 2 is 1.78 bits per heavy atom. The zero-order valence-corrected chi connectivity index (χ0v) is 13.4. The predicted octanol–water partition coefficient (Wildman–Crippen LogP) is 4.43. The fourth-order valence-electron chi connectivity index (χ4n) is 2.23. The van der Waals surface area contributed by atoms with Crippen molar-refractivity contribution in [1.29, 1.82) is 0 Å². The Kier molecular flexibility index (Phi) is 4.32. The number of rotatable bonds is 4. The average Bonchev–Trinajstić information content (AvgIpc) is 2.86. The number of benzene rings is 2. The smallest absolute Gasteiger partial charge is 0.307 e. The number of hydrogen-bond acceptors (Lipinski definition) is 3. The molecule has 0 atom stereocenters. The molecule has 0 bridgehead atoms. The van der Waals surface area contributed by atoms with Crippen LogP contribution in [-0.4, -0.2) is 17.0 Å². The minimum atomic E-state index is -0.890. The van der Waals surface area contributed by atoms with Gasteiger partial charge in [0.25, 0.3) is 5.91 Å². The number of amides is 1. The van der Waals surface area contributed by atoms with Crippen molar-refractivity contribution >= 4 is 50.6 Å². The molecule has 0 aliphatic carbocycles. The first kappa shape index (κ1) is 15.5. The van der Waals surface area contributed by atoms with Crippen LogP contribution in [0.15, 0.2) is 48.5 Å². The lowest BCUT2D eigenvalue weighted by atomic mass is 10.1. The average molecular weight is 346 g/mol. The molecule has 0 spiro atoms. The maximum atomic E-state index is 12.4. The van der Waals surface area contributed by atoms with Crippen molar-refractivity contribution in [3.63, 3.8) is 0 Å². The number of carboxylic acid groups (broad SMARTS) is 1. The number of nitrogens with one attached hydrogen (secondary N) is 1. The van der Waals surface area contributed by atoms with Gasteiger partial charge < -0.3 is 10.4 Å². The SMILES string of the molecule is O=C(O)Cc1ccc(NC(=O)c2sc3ccccc3c2Cl)cc1. The molecule has 0 aliphatic heterocycles. The lowest BCUT2D eigenvalue weighted by Crippen LogP contribution is -2.10. The van der Waals surface area contributed by atoms with Gasteiger partial charge >= 0.3 is 5.97 Å². The molecule has 0 unspecified atom stereocenters. The summed E-state index contributed by atoms with van der Waals surface area (Å²) in [5.41, 5.74) is 1.27. The van der Waals surface area contributed by atoms with E-state index in [1.165, 1.54) is 11.3 Å². The second-order valence-corrected chi connectivity index (χ2v) is 6.39. The normalized spacial score (nSPS) is 10.7. The molecule has 0 saturated heterocycles. The van der Waals surface area contributed by atoms with Gasteiger partial charge in [-0.3, -0.25) is 9.59 Å². The Morgan fingerprint density at radius 1 is 1.09 bits per heavy atom. The molecule has 2 aromatic carbocycles. The van der Waals surface area contributed by atoms with E-state index in [0.29, 0.717) is 21.2 Å². The lowest BCUT2D eigenvalue weighted by Gasteiger charge is -2.05. The zero-order chi connectivity index (χ0) is 16.4. The number of carboxylic acids is 1. The summed E-state index contributed by atoms with van der Waals surface area (Å²) in [6.07, 6.45) is -0.0453. The topological polar surface area (TPSA) is 66.4 Å². The van der Waals surface area contributed by atoms with Crippen molar-refractivity contribution in [2.45, 2.75) is 6.42 Å². The number of anilines is 1. The van der Waals surface area contributed by atoms with Crippen LogP contribution in [0.3, 0.4) is 0 Å². The van der Waals surface area contributed by atoms with Crippen LogP contribution in [0, 0.1) is 0 Å². The maximum Gasteiger partial charge on any atom is 0.307 e. The number of fused-ring (bicyclic) bond motifs is 1. The molecular formula is C17H12ClNO3S. The monoisotopic (exact) mass is 345 g/mol. The quantitative estimate of drug-likeness (QED) is 0.734. The largest absolute Gasteiger partial charge is 0.481 e. The fraction of sp³-hybridized carbons (Fsp3) is 0.0588. The van der Waals surface area contributed by atoms with Crippen molar-refractivity contribution in [3.05, 3.63) is 64.0 Å². The molecule has 6 heteroatoms. The Balaban J connectivity index is 1.80. The third kappa shape index (κ3) is 3.36. The van der Waals surface area contributed by atoms with Crippen molar-refractivity contribution < 1.29 is 14.7 Å². The van der Waals surface area contributed by atoms with E-state index >= 15 is 0 Å². The Hall–Kier alpha value is -2.37. The first-order chi connectivity index (χ1) is 11.0. The van der Waals surface area contributed by atoms with Gasteiger partial charge in [-0.1, -0.05) is 41.9 Å². The summed E-state index contributed by atoms with van der Waals surface area (Å²) in [4.78, 5) is 23.5. The first-order valence-corrected chi connectivity index (χ1v) is 8.03. The third-order valence-electron chi connectivity index (χ3n) is 3.31. The highest BCUT2D eigenvalue weighted by Crippen LogP contribution is 2.35. The van der Waals surface area contributed by atoms with Crippen LogP contribution in [0.4, 0.5) is 5.69 Å². The van der Waals surface area contributed by atoms with Gasteiger partial charge in [0.2, 0.25) is 0 Å². The van der Waals surface area contributed by atoms with Crippen molar-refractivity contribution in [2.24, 2.45) is 0 Å². The van der Waals surface area contributed by atoms with Crippen molar-refractivity contribution in [2.75, 3.05) is 5.32 Å². The standard InChI is InChI=1S/C17H12ClNO3S/c18-15-12-3-1-2-4-13(12)23-16(15)17(22)19-11-7-5-10(6-8-11)9-14(20)21/h1-8H,9H2,(H,19,22)(H,20,21). The summed E-state index contributed by atoms with van der Waals surface area (Å²) in [6.45, 7) is 0. The second kappa shape index (κ2) is 6.40. The number of aliphatic carboxylic acids is 1. The molecule has 0 fully saturated rings. The highest BCUT2D eigenvalue weighted by Gasteiger charge is 2.17. The number of carbonyl (C=O) groups is 2. The van der Waals surface area contributed by atoms with E-state index in [9.17, 15) is 9.59 Å². The molecule has 1 aromatic heterocycles. The third-order valence-corrected chi connectivity index (χ3v) is 4.98. The summed E-state index contributed by atoms with van der Waals surface area (Å²) in [5, 5.41) is 12.8. The van der Waals surface area contributed by atoms with Gasteiger partial charge in [0.15, 0.2) is 0 Å². The minimum absolute atomic E-state index is 0.0453. The van der Waals surface area contributed by atoms with Crippen LogP contribution >= 0.6 is 22.9 Å². The molecule has 0 aliphatic rings. The summed E-state index contributed by atoms with van der Waals surface area (Å²) in [5.74, 6) is -1.17. The van der Waals surface area contributed by atoms with Crippen molar-refractivity contribution in [1.82, 2.24) is 0 Å². The van der Waals surface area contributed by atoms with E-state index in [-0.39, 0.29) is 12.3 Å². The molecule has 116 valence electrons. The van der Waals surface area contributed by atoms with E-state index in [0.717, 1.165) is 10.1 Å². The van der Waals surface area contributed by atoms with Crippen LogP contribution in [0.25, 0.3) is 10.1 Å². The summed E-state index contributed by atoms with van der Waals surface area (Å²) in [6, 6.07) is 14.3. The van der Waals surface area contributed by atoms with Crippen LogP contribution in [-0.2, 0) is 11.2 Å². The van der Waals surface area contributed by atoms with Gasteiger partial charge in [0.05, 0.1) is 11.4 Å². The number of halogens is 1. The maximum absolute atomic E-state index is 12.4. The summed E-state index contributed by atoms with van der Waals surface area (Å²) in [7, 11) is 0. The Morgan fingerprint density at radius 3 is 2.43 bits per heavy atom. The molecular weight excluding hydrogens is 334 g/mol. The summed E-state index contributed by atoms with van der Waals surface area (Å²) >= 11 is 7.63. The van der Waals surface area contributed by atoms with Crippen LogP contribution < -0.4 is 5.32 Å². The molecule has 0 saturated carbocycles. The van der Waals surface area contributed by atoms with Gasteiger partial charge in [-0.15, -0.1) is 11.3 Å². The molecule has 3 aromatic rings. The Bertz CT molecular complexity index is 886. The molecule has 4 nitrogen and oxygen atoms in total. The van der Waals surface area contributed by atoms with E-state index in [1.54, 1.807) is 24.3 Å². The van der Waals surface area contributed by atoms with Gasteiger partial charge in [-0.05, 0) is 23.8 Å². The highest BCUT2D eigenvalue weighted by atomic mass is 35.5. The lowest BCUT2D eigenvalue weighted by molar-refractivity contribution is -0.136. The number of thiophene rings is 1. The summed E-state index contributed by atoms with van der Waals surface area (Å²) < 4.78 is 0.958. The molecule has 0 radical (unpaired) electrons. The molecule has 1 heterocycles. The molecule has 3 rings (SSSR count). The van der Waals surface area contributed by atoms with Crippen LogP contribution in [0.5, 0.6) is 0 Å². The fourth-order valence-corrected chi connectivity index (χ4v) is 3.64. The first-order valence-electron chi connectivity index (χ1n) is 6.83. The zero-order valence-electron chi connectivity index (χ0n) is 11.9. The van der Waals surface area contributed by atoms with Crippen molar-refractivity contribution in [3.8, 4) is 0 Å². The van der Waals surface area contributed by atoms with Gasteiger partial charge in [-0.25, -0.2) is 0 Å². The van der Waals surface area contributed by atoms with Crippen LogP contribution in [0.2, 0.25) is 5.02 Å². The van der Waals surface area contributed by atoms with Gasteiger partial charge in [-0.2, -0.15) is 0 Å². The van der Waals surface area contributed by atoms with Crippen LogP contribution in [0.1, 0.15) is 15.2 Å². The second-order valence-electron chi connectivity index (χ2n) is 4.96. The van der Waals surface area contributed by atoms with Gasteiger partial charge in [0.1, 0.15) is 4.88 Å². The number of carbonyl (C=O) groups excluding carboxylic acids is 1. The molecule has 1 amide bonds. The molecule has 23 heavy (non-hydrogen) atoms. The van der Waals surface area contributed by atoms with E-state index in [2.05, 4.69) is 5.32 Å². The number of hydrogen-bond donors (Lipinski definition) is 2. The van der Waals surface area contributed by atoms with Gasteiger partial charge in [0, 0.05) is 15.8 Å². The van der Waals surface area contributed by atoms with E-state index < -0.39 is 5.97 Å². The Labute approximate surface area is 141 Å². The highest BCUT2D eigenvalue weighted by molar-refractivity contribution is 7.21. The predicted molar refractivity (Wildman–Crippen MR) is 92.6 cm³/mol. The minimum Gasteiger partial charge on any atom is -0.481 e. The molecule has 2 N–H and O–H groups in total.